The lowest BCUT2D eigenvalue weighted by Gasteiger charge is -1.87. The van der Waals surface area contributed by atoms with Gasteiger partial charge in [-0.25, -0.2) is 9.97 Å². The molecule has 0 amide bonds. The zero-order valence-electron chi connectivity index (χ0n) is 8.98. The Morgan fingerprint density at radius 1 is 1.22 bits per heavy atom. The highest BCUT2D eigenvalue weighted by molar-refractivity contribution is 9.10. The molecule has 0 radical (unpaired) electrons. The average molecular weight is 336 g/mol. The number of nitrogens with zero attached hydrogens (tertiary/aromatic N) is 2. The van der Waals surface area contributed by atoms with Crippen LogP contribution in [-0.4, -0.2) is 15.0 Å². The van der Waals surface area contributed by atoms with E-state index >= 15 is 0 Å². The number of nitrogens with one attached hydrogen (secondary N) is 1. The molecule has 0 spiro atoms. The summed E-state index contributed by atoms with van der Waals surface area (Å²) in [6, 6.07) is 6.32. The van der Waals surface area contributed by atoms with Gasteiger partial charge in [0.15, 0.2) is 11.5 Å². The van der Waals surface area contributed by atoms with Crippen LogP contribution in [0, 0.1) is 0 Å². The number of thiophene rings is 2. The van der Waals surface area contributed by atoms with E-state index in [1.54, 1.807) is 28.9 Å². The van der Waals surface area contributed by atoms with Crippen LogP contribution in [0.1, 0.15) is 0 Å². The molecule has 6 heteroatoms. The van der Waals surface area contributed by atoms with Crippen LogP contribution in [-0.2, 0) is 0 Å². The van der Waals surface area contributed by atoms with Crippen LogP contribution in [0.3, 0.4) is 0 Å². The Morgan fingerprint density at radius 2 is 2.17 bits per heavy atom. The summed E-state index contributed by atoms with van der Waals surface area (Å²) in [6.07, 6.45) is 1.76. The van der Waals surface area contributed by atoms with Crippen LogP contribution in [0.4, 0.5) is 0 Å². The normalized spacial score (nSPS) is 11.6. The van der Waals surface area contributed by atoms with Gasteiger partial charge >= 0.3 is 0 Å². The van der Waals surface area contributed by atoms with Gasteiger partial charge in [0.2, 0.25) is 0 Å². The molecule has 3 nitrogen and oxygen atoms in total. The lowest BCUT2D eigenvalue weighted by molar-refractivity contribution is 1.31. The van der Waals surface area contributed by atoms with Crippen LogP contribution in [0.2, 0.25) is 0 Å². The minimum absolute atomic E-state index is 0.755. The predicted molar refractivity (Wildman–Crippen MR) is 80.3 cm³/mol. The van der Waals surface area contributed by atoms with Crippen molar-refractivity contribution in [2.75, 3.05) is 0 Å². The topological polar surface area (TPSA) is 41.6 Å². The number of H-pyrrole nitrogens is 1. The van der Waals surface area contributed by atoms with Crippen molar-refractivity contribution in [3.05, 3.63) is 34.2 Å². The number of rotatable bonds is 1. The number of halogens is 1. The van der Waals surface area contributed by atoms with Crippen molar-refractivity contribution in [3.8, 4) is 10.7 Å². The van der Waals surface area contributed by atoms with Crippen molar-refractivity contribution in [1.82, 2.24) is 15.0 Å². The second-order valence-corrected chi connectivity index (χ2v) is 6.82. The molecular weight excluding hydrogens is 330 g/mol. The summed E-state index contributed by atoms with van der Waals surface area (Å²) < 4.78 is 3.58. The highest BCUT2D eigenvalue weighted by Crippen LogP contribution is 2.35. The van der Waals surface area contributed by atoms with E-state index in [4.69, 9.17) is 0 Å². The highest BCUT2D eigenvalue weighted by atomic mass is 79.9. The van der Waals surface area contributed by atoms with Gasteiger partial charge in [0.05, 0.1) is 10.4 Å². The number of hydrogen-bond acceptors (Lipinski definition) is 4. The van der Waals surface area contributed by atoms with Gasteiger partial charge in [-0.2, -0.15) is 0 Å². The summed E-state index contributed by atoms with van der Waals surface area (Å²) in [5, 5.41) is 2.11. The lowest BCUT2D eigenvalue weighted by atomic mass is 10.4. The van der Waals surface area contributed by atoms with Crippen molar-refractivity contribution < 1.29 is 0 Å². The molecule has 0 aliphatic rings. The molecule has 4 aromatic rings. The number of hydrogen-bond donors (Lipinski definition) is 1. The van der Waals surface area contributed by atoms with Crippen molar-refractivity contribution in [2.24, 2.45) is 0 Å². The molecule has 4 aromatic heterocycles. The maximum Gasteiger partial charge on any atom is 0.178 e. The average Bonchev–Trinajstić information content (AvgIpc) is 2.99. The standard InChI is InChI=1S/C12H6BrN3S2/c13-6-3-7-11(14-5-6)16-12(15-7)10-4-9-8(18-10)1-2-17-9/h1-5H,(H,14,15,16). The van der Waals surface area contributed by atoms with Crippen molar-refractivity contribution in [1.29, 1.82) is 0 Å². The minimum atomic E-state index is 0.755. The van der Waals surface area contributed by atoms with Gasteiger partial charge in [-0.1, -0.05) is 0 Å². The Labute approximate surface area is 119 Å². The van der Waals surface area contributed by atoms with Gasteiger partial charge in [-0.3, -0.25) is 0 Å². The van der Waals surface area contributed by atoms with Gasteiger partial charge in [0, 0.05) is 20.1 Å². The van der Waals surface area contributed by atoms with Gasteiger partial charge in [-0.15, -0.1) is 22.7 Å². The first-order valence-electron chi connectivity index (χ1n) is 5.28. The molecule has 0 aliphatic heterocycles. The molecule has 0 saturated heterocycles. The highest BCUT2D eigenvalue weighted by Gasteiger charge is 2.10. The number of imidazole rings is 1. The molecule has 0 unspecified atom stereocenters. The second-order valence-electron chi connectivity index (χ2n) is 3.87. The largest absolute Gasteiger partial charge is 0.336 e. The molecular formula is C12H6BrN3S2. The number of aromatic amines is 1. The summed E-state index contributed by atoms with van der Waals surface area (Å²) in [7, 11) is 0. The third-order valence-electron chi connectivity index (χ3n) is 2.68. The molecule has 0 fully saturated rings. The Bertz CT molecular complexity index is 830. The summed E-state index contributed by atoms with van der Waals surface area (Å²) in [5.41, 5.74) is 1.71. The minimum Gasteiger partial charge on any atom is -0.336 e. The van der Waals surface area contributed by atoms with E-state index in [9.17, 15) is 0 Å². The molecule has 1 N–H and O–H groups in total. The smallest absolute Gasteiger partial charge is 0.178 e. The second kappa shape index (κ2) is 3.88. The summed E-state index contributed by atoms with van der Waals surface area (Å²) in [6.45, 7) is 0. The molecule has 4 rings (SSSR count). The van der Waals surface area contributed by atoms with Gasteiger partial charge < -0.3 is 4.98 Å². The molecule has 18 heavy (non-hydrogen) atoms. The SMILES string of the molecule is Brc1cnc2nc(-c3cc4sccc4s3)[nH]c2c1. The summed E-state index contributed by atoms with van der Waals surface area (Å²) >= 11 is 6.93. The number of fused-ring (bicyclic) bond motifs is 2. The molecule has 4 heterocycles. The monoisotopic (exact) mass is 335 g/mol. The van der Waals surface area contributed by atoms with E-state index in [1.165, 1.54) is 9.40 Å². The van der Waals surface area contributed by atoms with E-state index in [0.717, 1.165) is 26.3 Å². The van der Waals surface area contributed by atoms with E-state index < -0.39 is 0 Å². The van der Waals surface area contributed by atoms with Gasteiger partial charge in [-0.05, 0) is 39.5 Å². The first-order chi connectivity index (χ1) is 8.79. The molecule has 88 valence electrons. The third kappa shape index (κ3) is 1.60. The molecule has 0 atom stereocenters. The molecule has 0 aromatic carbocycles. The van der Waals surface area contributed by atoms with E-state index in [-0.39, 0.29) is 0 Å². The van der Waals surface area contributed by atoms with Crippen LogP contribution < -0.4 is 0 Å². The fourth-order valence-electron chi connectivity index (χ4n) is 1.87. The van der Waals surface area contributed by atoms with Crippen molar-refractivity contribution in [2.45, 2.75) is 0 Å². The maximum atomic E-state index is 4.53. The van der Waals surface area contributed by atoms with Crippen LogP contribution in [0.15, 0.2) is 34.2 Å². The molecule has 0 aliphatic carbocycles. The third-order valence-corrected chi connectivity index (χ3v) is 5.21. The zero-order valence-corrected chi connectivity index (χ0v) is 12.2. The fraction of sp³-hybridized carbons (Fsp3) is 0. The van der Waals surface area contributed by atoms with Crippen LogP contribution >= 0.6 is 38.6 Å². The van der Waals surface area contributed by atoms with Crippen LogP contribution in [0.25, 0.3) is 31.3 Å². The maximum absolute atomic E-state index is 4.53. The zero-order chi connectivity index (χ0) is 12.1. The quantitative estimate of drug-likeness (QED) is 0.549. The molecule has 0 saturated carbocycles. The first-order valence-corrected chi connectivity index (χ1v) is 7.77. The lowest BCUT2D eigenvalue weighted by Crippen LogP contribution is -1.75. The van der Waals surface area contributed by atoms with E-state index in [0.29, 0.717) is 0 Å². The summed E-state index contributed by atoms with van der Waals surface area (Å²) in [5.74, 6) is 0.893. The fourth-order valence-corrected chi connectivity index (χ4v) is 4.26. The van der Waals surface area contributed by atoms with Crippen molar-refractivity contribution >= 4 is 59.2 Å². The van der Waals surface area contributed by atoms with E-state index in [2.05, 4.69) is 48.4 Å². The predicted octanol–water partition coefficient (Wildman–Crippen LogP) is 4.66. The number of aromatic nitrogens is 3. The Hall–Kier alpha value is -1.24. The first kappa shape index (κ1) is 10.7. The van der Waals surface area contributed by atoms with Crippen molar-refractivity contribution in [3.63, 3.8) is 0 Å². The Kier molecular flexibility index (Phi) is 2.30. The van der Waals surface area contributed by atoms with Gasteiger partial charge in [0.1, 0.15) is 0 Å². The van der Waals surface area contributed by atoms with E-state index in [1.807, 2.05) is 6.07 Å². The number of pyridine rings is 1. The Morgan fingerprint density at radius 3 is 3.06 bits per heavy atom. The molecule has 0 bridgehead atoms. The Balaban J connectivity index is 1.93. The summed E-state index contributed by atoms with van der Waals surface area (Å²) in [4.78, 5) is 13.3. The van der Waals surface area contributed by atoms with Crippen LogP contribution in [0.5, 0.6) is 0 Å². The van der Waals surface area contributed by atoms with Gasteiger partial charge in [0.25, 0.3) is 0 Å².